The summed E-state index contributed by atoms with van der Waals surface area (Å²) in [5.74, 6) is -0.330. The number of rotatable bonds is 8. The van der Waals surface area contributed by atoms with Gasteiger partial charge in [-0.1, -0.05) is 19.1 Å². The maximum absolute atomic E-state index is 12.1. The molecule has 6 heteroatoms. The first-order valence-electron chi connectivity index (χ1n) is 8.17. The van der Waals surface area contributed by atoms with Gasteiger partial charge in [0.05, 0.1) is 12.1 Å². The van der Waals surface area contributed by atoms with Crippen molar-refractivity contribution in [3.05, 3.63) is 57.2 Å². The van der Waals surface area contributed by atoms with Crippen LogP contribution in [0.3, 0.4) is 0 Å². The van der Waals surface area contributed by atoms with E-state index in [1.54, 1.807) is 22.0 Å². The van der Waals surface area contributed by atoms with Crippen LogP contribution in [-0.2, 0) is 13.1 Å². The molecule has 0 unspecified atom stereocenters. The Balaban J connectivity index is 1.79. The summed E-state index contributed by atoms with van der Waals surface area (Å²) >= 11 is 1.67. The fourth-order valence-electron chi connectivity index (χ4n) is 2.96. The number of thiophene rings is 1. The molecule has 0 radical (unpaired) electrons. The Bertz CT molecular complexity index is 818. The van der Waals surface area contributed by atoms with E-state index in [0.717, 1.165) is 18.5 Å². The van der Waals surface area contributed by atoms with Gasteiger partial charge in [-0.05, 0) is 40.9 Å². The van der Waals surface area contributed by atoms with E-state index in [-0.39, 0.29) is 18.4 Å². The molecule has 24 heavy (non-hydrogen) atoms. The lowest BCUT2D eigenvalue weighted by Crippen LogP contribution is -2.39. The highest BCUT2D eigenvalue weighted by atomic mass is 32.1. The van der Waals surface area contributed by atoms with Crippen molar-refractivity contribution in [1.29, 1.82) is 0 Å². The number of hydrogen-bond acceptors (Lipinski definition) is 5. The zero-order chi connectivity index (χ0) is 16.9. The Morgan fingerprint density at radius 3 is 2.88 bits per heavy atom. The van der Waals surface area contributed by atoms with Gasteiger partial charge in [0.2, 0.25) is 0 Å². The number of aliphatic hydroxyl groups excluding tert-OH is 1. The fraction of sp³-hybridized carbons (Fsp3) is 0.389. The molecule has 5 nitrogen and oxygen atoms in total. The number of nitrogens with zero attached hydrogens (tertiary/aromatic N) is 2. The summed E-state index contributed by atoms with van der Waals surface area (Å²) < 4.78 is 6.96. The van der Waals surface area contributed by atoms with Gasteiger partial charge < -0.3 is 9.52 Å². The molecule has 0 bridgehead atoms. The third-order valence-electron chi connectivity index (χ3n) is 4.35. The van der Waals surface area contributed by atoms with E-state index in [1.807, 2.05) is 18.2 Å². The Labute approximate surface area is 144 Å². The third-order valence-corrected chi connectivity index (χ3v) is 5.08. The summed E-state index contributed by atoms with van der Waals surface area (Å²) in [7, 11) is 0. The average molecular weight is 346 g/mol. The highest BCUT2D eigenvalue weighted by Crippen LogP contribution is 2.15. The first kappa shape index (κ1) is 17.0. The molecular formula is C18H22N2O3S. The molecule has 0 fully saturated rings. The van der Waals surface area contributed by atoms with E-state index in [0.29, 0.717) is 18.7 Å². The molecule has 1 atom stereocenters. The van der Waals surface area contributed by atoms with Crippen LogP contribution < -0.4 is 5.76 Å². The van der Waals surface area contributed by atoms with Crippen LogP contribution >= 0.6 is 11.3 Å². The molecule has 2 aromatic heterocycles. The minimum Gasteiger partial charge on any atom is -0.408 e. The van der Waals surface area contributed by atoms with Gasteiger partial charge in [0.15, 0.2) is 5.58 Å². The second kappa shape index (κ2) is 7.79. The summed E-state index contributed by atoms with van der Waals surface area (Å²) in [4.78, 5) is 14.3. The van der Waals surface area contributed by atoms with Crippen molar-refractivity contribution in [2.24, 2.45) is 0 Å². The molecule has 0 aliphatic rings. The first-order valence-corrected chi connectivity index (χ1v) is 9.11. The lowest BCUT2D eigenvalue weighted by Gasteiger charge is -2.29. The maximum Gasteiger partial charge on any atom is 0.419 e. The molecule has 3 rings (SSSR count). The maximum atomic E-state index is 12.1. The van der Waals surface area contributed by atoms with Gasteiger partial charge in [-0.15, -0.1) is 0 Å². The number of benzene rings is 1. The number of fused-ring (bicyclic) bond motifs is 1. The topological polar surface area (TPSA) is 58.6 Å². The van der Waals surface area contributed by atoms with Crippen molar-refractivity contribution in [2.75, 3.05) is 13.2 Å². The highest BCUT2D eigenvalue weighted by Gasteiger charge is 2.18. The SMILES string of the molecule is CC[C@@H](CO)N(CCn1c(=O)oc2ccccc21)Cc1ccsc1. The monoisotopic (exact) mass is 346 g/mol. The fourth-order valence-corrected chi connectivity index (χ4v) is 3.62. The largest absolute Gasteiger partial charge is 0.419 e. The second-order valence-corrected chi connectivity index (χ2v) is 6.61. The number of aromatic nitrogens is 1. The molecule has 2 heterocycles. The summed E-state index contributed by atoms with van der Waals surface area (Å²) in [6.07, 6.45) is 0.863. The number of hydrogen-bond donors (Lipinski definition) is 1. The van der Waals surface area contributed by atoms with Gasteiger partial charge in [0, 0.05) is 25.7 Å². The molecule has 0 aliphatic heterocycles. The molecule has 0 spiro atoms. The molecule has 1 aromatic carbocycles. The number of para-hydroxylation sites is 2. The van der Waals surface area contributed by atoms with E-state index in [2.05, 4.69) is 28.7 Å². The summed E-state index contributed by atoms with van der Waals surface area (Å²) in [5, 5.41) is 13.9. The first-order chi connectivity index (χ1) is 11.7. The molecule has 0 amide bonds. The van der Waals surface area contributed by atoms with E-state index in [4.69, 9.17) is 4.42 Å². The molecule has 3 aromatic rings. The van der Waals surface area contributed by atoms with Gasteiger partial charge in [-0.3, -0.25) is 9.47 Å². The van der Waals surface area contributed by atoms with Crippen molar-refractivity contribution < 1.29 is 9.52 Å². The van der Waals surface area contributed by atoms with Gasteiger partial charge in [0.25, 0.3) is 0 Å². The van der Waals surface area contributed by atoms with Crippen LogP contribution in [0.15, 0.2) is 50.3 Å². The van der Waals surface area contributed by atoms with E-state index in [9.17, 15) is 9.90 Å². The standard InChI is InChI=1S/C18H22N2O3S/c1-2-15(12-21)19(11-14-7-10-24-13-14)8-9-20-16-5-3-4-6-17(16)23-18(20)22/h3-7,10,13,15,21H,2,8-9,11-12H2,1H3/t15-/m0/s1. The number of aliphatic hydroxyl groups is 1. The van der Waals surface area contributed by atoms with Crippen LogP contribution in [0.2, 0.25) is 0 Å². The minimum atomic E-state index is -0.330. The molecule has 0 aliphatic carbocycles. The Morgan fingerprint density at radius 2 is 2.17 bits per heavy atom. The van der Waals surface area contributed by atoms with Crippen molar-refractivity contribution in [2.45, 2.75) is 32.5 Å². The quantitative estimate of drug-likeness (QED) is 0.681. The second-order valence-electron chi connectivity index (χ2n) is 5.83. The molecular weight excluding hydrogens is 324 g/mol. The lowest BCUT2D eigenvalue weighted by atomic mass is 10.1. The smallest absolute Gasteiger partial charge is 0.408 e. The van der Waals surface area contributed by atoms with Crippen LogP contribution in [-0.4, -0.2) is 33.8 Å². The number of oxazole rings is 1. The lowest BCUT2D eigenvalue weighted by molar-refractivity contribution is 0.109. The van der Waals surface area contributed by atoms with Gasteiger partial charge in [0.1, 0.15) is 0 Å². The molecule has 0 saturated heterocycles. The normalized spacial score (nSPS) is 13.0. The van der Waals surface area contributed by atoms with Crippen molar-refractivity contribution >= 4 is 22.4 Å². The van der Waals surface area contributed by atoms with Crippen LogP contribution in [0, 0.1) is 0 Å². The van der Waals surface area contributed by atoms with Gasteiger partial charge in [-0.25, -0.2) is 4.79 Å². The van der Waals surface area contributed by atoms with Gasteiger partial charge in [-0.2, -0.15) is 11.3 Å². The predicted molar refractivity (Wildman–Crippen MR) is 96.4 cm³/mol. The van der Waals surface area contributed by atoms with E-state index in [1.165, 1.54) is 5.56 Å². The molecule has 128 valence electrons. The van der Waals surface area contributed by atoms with Crippen molar-refractivity contribution in [3.63, 3.8) is 0 Å². The van der Waals surface area contributed by atoms with Gasteiger partial charge >= 0.3 is 5.76 Å². The van der Waals surface area contributed by atoms with Crippen LogP contribution in [0.1, 0.15) is 18.9 Å². The summed E-state index contributed by atoms with van der Waals surface area (Å²) in [5.41, 5.74) is 2.66. The molecule has 0 saturated carbocycles. The Morgan fingerprint density at radius 1 is 1.33 bits per heavy atom. The predicted octanol–water partition coefficient (Wildman–Crippen LogP) is 2.93. The van der Waals surface area contributed by atoms with Crippen LogP contribution in [0.25, 0.3) is 11.1 Å². The van der Waals surface area contributed by atoms with E-state index < -0.39 is 0 Å². The van der Waals surface area contributed by atoms with Crippen molar-refractivity contribution in [1.82, 2.24) is 9.47 Å². The zero-order valence-electron chi connectivity index (χ0n) is 13.7. The Hall–Kier alpha value is -1.89. The zero-order valence-corrected chi connectivity index (χ0v) is 14.5. The average Bonchev–Trinajstić information content (AvgIpc) is 3.20. The summed E-state index contributed by atoms with van der Waals surface area (Å²) in [6, 6.07) is 9.64. The summed E-state index contributed by atoms with van der Waals surface area (Å²) in [6.45, 7) is 4.17. The van der Waals surface area contributed by atoms with Crippen LogP contribution in [0.5, 0.6) is 0 Å². The van der Waals surface area contributed by atoms with Crippen molar-refractivity contribution in [3.8, 4) is 0 Å². The molecule has 1 N–H and O–H groups in total. The Kier molecular flexibility index (Phi) is 5.50. The third kappa shape index (κ3) is 3.61. The highest BCUT2D eigenvalue weighted by molar-refractivity contribution is 7.07. The van der Waals surface area contributed by atoms with E-state index >= 15 is 0 Å². The minimum absolute atomic E-state index is 0.0822. The van der Waals surface area contributed by atoms with Crippen LogP contribution in [0.4, 0.5) is 0 Å².